The molecule has 0 fully saturated rings. The molecule has 1 aromatic heterocycles. The van der Waals surface area contributed by atoms with E-state index in [2.05, 4.69) is 10.4 Å². The molecule has 0 aliphatic rings. The van der Waals surface area contributed by atoms with Crippen LogP contribution in [0.4, 0.5) is 14.6 Å². The summed E-state index contributed by atoms with van der Waals surface area (Å²) in [6.07, 6.45) is -0.677. The van der Waals surface area contributed by atoms with Crippen molar-refractivity contribution in [2.24, 2.45) is 5.84 Å². The Labute approximate surface area is 108 Å². The average Bonchev–Trinajstić information content (AvgIpc) is 2.33. The number of halogens is 3. The van der Waals surface area contributed by atoms with Gasteiger partial charge < -0.3 is 10.5 Å². The molecule has 0 saturated carbocycles. The molecule has 0 amide bonds. The summed E-state index contributed by atoms with van der Waals surface area (Å²) in [5.41, 5.74) is 8.84. The van der Waals surface area contributed by atoms with Gasteiger partial charge >= 0.3 is 0 Å². The molecule has 18 heavy (non-hydrogen) atoms. The highest BCUT2D eigenvalue weighted by Crippen LogP contribution is 2.23. The number of nitrogen functional groups attached to an aromatic ring is 1. The van der Waals surface area contributed by atoms with Crippen molar-refractivity contribution in [1.82, 2.24) is 10.4 Å². The zero-order valence-corrected chi connectivity index (χ0v) is 10.3. The Hall–Kier alpha value is -1.02. The van der Waals surface area contributed by atoms with Crippen molar-refractivity contribution < 1.29 is 13.5 Å². The van der Waals surface area contributed by atoms with Crippen molar-refractivity contribution in [3.05, 3.63) is 22.8 Å². The van der Waals surface area contributed by atoms with E-state index in [4.69, 9.17) is 27.9 Å². The number of nitrogens with two attached hydrogens (primary N) is 2. The van der Waals surface area contributed by atoms with Crippen LogP contribution in [0.1, 0.15) is 18.0 Å². The molecule has 0 aliphatic heterocycles. The van der Waals surface area contributed by atoms with Gasteiger partial charge in [-0.05, 0) is 12.5 Å². The lowest BCUT2D eigenvalue weighted by atomic mass is 10.1. The van der Waals surface area contributed by atoms with Crippen molar-refractivity contribution in [2.75, 3.05) is 18.9 Å². The van der Waals surface area contributed by atoms with Gasteiger partial charge in [0.25, 0.3) is 6.43 Å². The Kier molecular flexibility index (Phi) is 6.20. The first kappa shape index (κ1) is 15.0. The van der Waals surface area contributed by atoms with E-state index in [1.54, 1.807) is 6.07 Å². The molecule has 0 aliphatic carbocycles. The second-order valence-electron chi connectivity index (χ2n) is 3.60. The lowest BCUT2D eigenvalue weighted by molar-refractivity contribution is 0.0144. The molecule has 0 saturated heterocycles. The minimum atomic E-state index is -2.48. The van der Waals surface area contributed by atoms with Gasteiger partial charge in [-0.2, -0.15) is 0 Å². The maximum atomic E-state index is 11.9. The van der Waals surface area contributed by atoms with Crippen molar-refractivity contribution in [3.63, 3.8) is 0 Å². The fourth-order valence-corrected chi connectivity index (χ4v) is 1.61. The van der Waals surface area contributed by atoms with E-state index in [0.717, 1.165) is 0 Å². The van der Waals surface area contributed by atoms with E-state index < -0.39 is 13.0 Å². The highest BCUT2D eigenvalue weighted by atomic mass is 35.5. The van der Waals surface area contributed by atoms with Crippen LogP contribution in [-0.4, -0.2) is 24.6 Å². The Bertz CT molecular complexity index is 381. The molecular weight excluding hydrogens is 266 g/mol. The summed E-state index contributed by atoms with van der Waals surface area (Å²) in [5, 5.41) is 0.424. The predicted molar refractivity (Wildman–Crippen MR) is 65.2 cm³/mol. The summed E-state index contributed by atoms with van der Waals surface area (Å²) >= 11 is 5.80. The molecule has 1 rings (SSSR count). The van der Waals surface area contributed by atoms with Crippen LogP contribution in [0.3, 0.4) is 0 Å². The third kappa shape index (κ3) is 4.69. The largest absolute Gasteiger partial charge is 0.383 e. The average molecular weight is 281 g/mol. The lowest BCUT2D eigenvalue weighted by Crippen LogP contribution is -2.30. The smallest absolute Gasteiger partial charge is 0.261 e. The third-order valence-electron chi connectivity index (χ3n) is 2.29. The van der Waals surface area contributed by atoms with Crippen molar-refractivity contribution >= 4 is 17.4 Å². The van der Waals surface area contributed by atoms with E-state index in [-0.39, 0.29) is 18.5 Å². The maximum Gasteiger partial charge on any atom is 0.261 e. The van der Waals surface area contributed by atoms with Crippen molar-refractivity contribution in [2.45, 2.75) is 18.9 Å². The minimum Gasteiger partial charge on any atom is -0.383 e. The first-order valence-corrected chi connectivity index (χ1v) is 5.65. The molecule has 1 aromatic rings. The number of ether oxygens (including phenoxy) is 1. The number of hydrogen-bond donors (Lipinski definition) is 3. The number of nitrogens with zero attached hydrogens (tertiary/aromatic N) is 1. The van der Waals surface area contributed by atoms with Crippen LogP contribution in [0.15, 0.2) is 12.3 Å². The maximum absolute atomic E-state index is 11.9. The fourth-order valence-electron chi connectivity index (χ4n) is 1.45. The monoisotopic (exact) mass is 280 g/mol. The molecule has 5 nitrogen and oxygen atoms in total. The molecule has 0 aromatic carbocycles. The number of pyridine rings is 1. The number of anilines is 1. The Balaban J connectivity index is 2.57. The van der Waals surface area contributed by atoms with E-state index >= 15 is 0 Å². The van der Waals surface area contributed by atoms with Crippen LogP contribution in [0.2, 0.25) is 5.02 Å². The van der Waals surface area contributed by atoms with Gasteiger partial charge in [0.1, 0.15) is 12.4 Å². The van der Waals surface area contributed by atoms with Gasteiger partial charge in [0.05, 0.1) is 11.1 Å². The summed E-state index contributed by atoms with van der Waals surface area (Å²) in [6, 6.07) is 1.27. The number of hydrogen-bond acceptors (Lipinski definition) is 5. The zero-order chi connectivity index (χ0) is 13.5. The Morgan fingerprint density at radius 3 is 2.83 bits per heavy atom. The molecule has 1 heterocycles. The summed E-state index contributed by atoms with van der Waals surface area (Å²) in [7, 11) is 0. The fraction of sp³-hybridized carbons (Fsp3) is 0.500. The van der Waals surface area contributed by atoms with Gasteiger partial charge in [-0.25, -0.2) is 13.8 Å². The normalized spacial score (nSPS) is 12.9. The summed E-state index contributed by atoms with van der Waals surface area (Å²) in [5.74, 6) is 5.67. The molecule has 102 valence electrons. The summed E-state index contributed by atoms with van der Waals surface area (Å²) < 4.78 is 28.5. The van der Waals surface area contributed by atoms with Crippen LogP contribution >= 0.6 is 11.6 Å². The van der Waals surface area contributed by atoms with Gasteiger partial charge in [0.2, 0.25) is 0 Å². The third-order valence-corrected chi connectivity index (χ3v) is 2.49. The van der Waals surface area contributed by atoms with E-state index in [9.17, 15) is 8.78 Å². The second-order valence-corrected chi connectivity index (χ2v) is 4.04. The van der Waals surface area contributed by atoms with Crippen LogP contribution in [-0.2, 0) is 4.74 Å². The highest BCUT2D eigenvalue weighted by Gasteiger charge is 2.14. The molecule has 1 unspecified atom stereocenters. The molecule has 0 bridgehead atoms. The second kappa shape index (κ2) is 7.42. The van der Waals surface area contributed by atoms with Gasteiger partial charge in [0.15, 0.2) is 0 Å². The quantitative estimate of drug-likeness (QED) is 0.400. The van der Waals surface area contributed by atoms with Crippen LogP contribution < -0.4 is 17.0 Å². The van der Waals surface area contributed by atoms with Crippen molar-refractivity contribution in [1.29, 1.82) is 0 Å². The molecule has 1 atom stereocenters. The van der Waals surface area contributed by atoms with Gasteiger partial charge in [-0.3, -0.25) is 11.3 Å². The molecular formula is C10H15ClF2N4O. The number of alkyl halides is 2. The molecule has 0 spiro atoms. The standard InChI is InChI=1S/C10H15ClF2N4O/c11-6-3-7(10(14)16-4-6)8(17-15)1-2-18-5-9(12)13/h3-4,8-9,17H,1-2,5,15H2,(H2,14,16). The van der Waals surface area contributed by atoms with E-state index in [1.807, 2.05) is 0 Å². The first-order valence-electron chi connectivity index (χ1n) is 5.27. The zero-order valence-electron chi connectivity index (χ0n) is 9.57. The Morgan fingerprint density at radius 2 is 2.22 bits per heavy atom. The van der Waals surface area contributed by atoms with Gasteiger partial charge in [-0.15, -0.1) is 0 Å². The first-order chi connectivity index (χ1) is 8.54. The Morgan fingerprint density at radius 1 is 1.50 bits per heavy atom. The van der Waals surface area contributed by atoms with E-state index in [0.29, 0.717) is 17.0 Å². The number of rotatable bonds is 7. The van der Waals surface area contributed by atoms with Gasteiger partial charge in [0, 0.05) is 18.4 Å². The van der Waals surface area contributed by atoms with Crippen LogP contribution in [0.25, 0.3) is 0 Å². The molecule has 5 N–H and O–H groups in total. The number of hydrazine groups is 1. The predicted octanol–water partition coefficient (Wildman–Crippen LogP) is 1.49. The number of nitrogens with one attached hydrogen (secondary N) is 1. The summed E-state index contributed by atoms with van der Waals surface area (Å²) in [4.78, 5) is 3.89. The van der Waals surface area contributed by atoms with Crippen LogP contribution in [0, 0.1) is 0 Å². The minimum absolute atomic E-state index is 0.130. The SMILES string of the molecule is NNC(CCOCC(F)F)c1cc(Cl)cnc1N. The summed E-state index contributed by atoms with van der Waals surface area (Å²) in [6.45, 7) is -0.467. The van der Waals surface area contributed by atoms with Gasteiger partial charge in [-0.1, -0.05) is 11.6 Å². The van der Waals surface area contributed by atoms with Crippen molar-refractivity contribution in [3.8, 4) is 0 Å². The highest BCUT2D eigenvalue weighted by molar-refractivity contribution is 6.30. The van der Waals surface area contributed by atoms with E-state index in [1.165, 1.54) is 6.20 Å². The van der Waals surface area contributed by atoms with Crippen LogP contribution in [0.5, 0.6) is 0 Å². The molecule has 0 radical (unpaired) electrons. The lowest BCUT2D eigenvalue weighted by Gasteiger charge is -2.17. The molecule has 8 heteroatoms. The number of aromatic nitrogens is 1. The topological polar surface area (TPSA) is 86.2 Å².